The molecule has 178 valence electrons. The zero-order valence-electron chi connectivity index (χ0n) is 19.3. The molecule has 2 aromatic carbocycles. The molecule has 1 aliphatic rings. The van der Waals surface area contributed by atoms with Crippen LogP contribution in [-0.2, 0) is 16.1 Å². The molecule has 9 heteroatoms. The van der Waals surface area contributed by atoms with Gasteiger partial charge in [0.1, 0.15) is 19.8 Å². The minimum atomic E-state index is -0.683. The van der Waals surface area contributed by atoms with Gasteiger partial charge in [0, 0.05) is 28.7 Å². The minimum absolute atomic E-state index is 0.314. The largest absolute Gasteiger partial charge is 0.486 e. The molecule has 9 nitrogen and oxygen atoms in total. The van der Waals surface area contributed by atoms with Crippen LogP contribution in [0.1, 0.15) is 21.7 Å². The summed E-state index contributed by atoms with van der Waals surface area (Å²) in [6, 6.07) is 14.4. The van der Waals surface area contributed by atoms with Crippen LogP contribution >= 0.6 is 0 Å². The summed E-state index contributed by atoms with van der Waals surface area (Å²) in [5.41, 5.74) is 3.55. The Morgan fingerprint density at radius 1 is 1.03 bits per heavy atom. The van der Waals surface area contributed by atoms with E-state index in [4.69, 9.17) is 14.2 Å². The predicted molar refractivity (Wildman–Crippen MR) is 128 cm³/mol. The first kappa shape index (κ1) is 22.4. The quantitative estimate of drug-likeness (QED) is 0.313. The van der Waals surface area contributed by atoms with E-state index < -0.39 is 18.1 Å². The molecule has 0 N–H and O–H groups in total. The van der Waals surface area contributed by atoms with Gasteiger partial charge in [-0.15, -0.1) is 0 Å². The summed E-state index contributed by atoms with van der Waals surface area (Å²) in [5, 5.41) is 0. The fourth-order valence-electron chi connectivity index (χ4n) is 4.29. The molecule has 3 heterocycles. The summed E-state index contributed by atoms with van der Waals surface area (Å²) in [5.74, 6) is 0.327. The van der Waals surface area contributed by atoms with Crippen molar-refractivity contribution in [3.63, 3.8) is 0 Å². The number of benzene rings is 2. The molecule has 35 heavy (non-hydrogen) atoms. The van der Waals surface area contributed by atoms with Crippen molar-refractivity contribution in [2.24, 2.45) is 0 Å². The van der Waals surface area contributed by atoms with Crippen LogP contribution in [0.2, 0.25) is 0 Å². The average Bonchev–Trinajstić information content (AvgIpc) is 3.17. The molecule has 0 unspecified atom stereocenters. The highest BCUT2D eigenvalue weighted by Gasteiger charge is 2.20. The van der Waals surface area contributed by atoms with Gasteiger partial charge in [-0.3, -0.25) is 19.0 Å². The summed E-state index contributed by atoms with van der Waals surface area (Å²) < 4.78 is 19.7. The molecule has 0 bridgehead atoms. The van der Waals surface area contributed by atoms with Gasteiger partial charge in [-0.05, 0) is 44.2 Å². The number of fused-ring (bicyclic) bond motifs is 2. The molecule has 5 rings (SSSR count). The summed E-state index contributed by atoms with van der Waals surface area (Å²) in [6.45, 7) is 3.98. The first-order valence-corrected chi connectivity index (χ1v) is 11.1. The van der Waals surface area contributed by atoms with E-state index >= 15 is 0 Å². The van der Waals surface area contributed by atoms with Crippen molar-refractivity contribution in [3.05, 3.63) is 82.0 Å². The van der Waals surface area contributed by atoms with E-state index in [1.807, 2.05) is 36.6 Å². The highest BCUT2D eigenvalue weighted by atomic mass is 16.6. The standard InChI is InChI=1S/C26H23N3O6/c1-16-11-19(17(2)29(16)18-7-8-23-24(12-18)34-10-9-33-23)22(30)15-35-26(32)14-28-21-6-4-3-5-20(21)27-13-25(28)31/h3-8,11-13H,9-10,14-15H2,1-2H3. The number of Topliss-reactive ketones (excluding diaryl/α,β-unsaturated/α-hetero) is 1. The number of aromatic nitrogens is 3. The molecule has 2 aromatic heterocycles. The normalized spacial score (nSPS) is 12.5. The third-order valence-electron chi connectivity index (χ3n) is 5.92. The van der Waals surface area contributed by atoms with Gasteiger partial charge in [0.05, 0.1) is 17.2 Å². The number of para-hydroxylation sites is 2. The van der Waals surface area contributed by atoms with Gasteiger partial charge in [-0.25, -0.2) is 4.98 Å². The third kappa shape index (κ3) is 4.28. The SMILES string of the molecule is Cc1cc(C(=O)COC(=O)Cn2c(=O)cnc3ccccc32)c(C)n1-c1ccc2c(c1)OCCO2. The Balaban J connectivity index is 1.31. The van der Waals surface area contributed by atoms with Crippen molar-refractivity contribution >= 4 is 22.8 Å². The van der Waals surface area contributed by atoms with Crippen LogP contribution in [0.25, 0.3) is 16.7 Å². The van der Waals surface area contributed by atoms with Crippen LogP contribution in [0.5, 0.6) is 11.5 Å². The van der Waals surface area contributed by atoms with Gasteiger partial charge in [-0.2, -0.15) is 0 Å². The van der Waals surface area contributed by atoms with Crippen LogP contribution in [-0.4, -0.2) is 45.7 Å². The number of rotatable bonds is 6. The first-order chi connectivity index (χ1) is 16.9. The second kappa shape index (κ2) is 9.09. The summed E-state index contributed by atoms with van der Waals surface area (Å²) in [4.78, 5) is 41.7. The number of nitrogens with zero attached hydrogens (tertiary/aromatic N) is 3. The maximum absolute atomic E-state index is 12.9. The molecule has 0 spiro atoms. The maximum atomic E-state index is 12.9. The summed E-state index contributed by atoms with van der Waals surface area (Å²) >= 11 is 0. The fraction of sp³-hybridized carbons (Fsp3) is 0.231. The van der Waals surface area contributed by atoms with Gasteiger partial charge in [0.15, 0.2) is 18.1 Å². The number of aryl methyl sites for hydroxylation is 1. The lowest BCUT2D eigenvalue weighted by Gasteiger charge is -2.20. The Labute approximate surface area is 200 Å². The number of ketones is 1. The van der Waals surface area contributed by atoms with E-state index in [1.165, 1.54) is 4.57 Å². The van der Waals surface area contributed by atoms with Crippen molar-refractivity contribution < 1.29 is 23.8 Å². The lowest BCUT2D eigenvalue weighted by Crippen LogP contribution is -2.27. The molecule has 0 fully saturated rings. The smallest absolute Gasteiger partial charge is 0.326 e. The molecule has 4 aromatic rings. The van der Waals surface area contributed by atoms with Crippen LogP contribution in [0.4, 0.5) is 0 Å². The van der Waals surface area contributed by atoms with Crippen molar-refractivity contribution in [2.45, 2.75) is 20.4 Å². The fourth-order valence-corrected chi connectivity index (χ4v) is 4.29. The van der Waals surface area contributed by atoms with Crippen molar-refractivity contribution in [1.82, 2.24) is 14.1 Å². The number of esters is 1. The summed E-state index contributed by atoms with van der Waals surface area (Å²) in [6.07, 6.45) is 1.16. The zero-order valence-corrected chi connectivity index (χ0v) is 19.3. The van der Waals surface area contributed by atoms with E-state index in [9.17, 15) is 14.4 Å². The molecule has 1 aliphatic heterocycles. The first-order valence-electron chi connectivity index (χ1n) is 11.1. The van der Waals surface area contributed by atoms with E-state index in [2.05, 4.69) is 4.98 Å². The van der Waals surface area contributed by atoms with Gasteiger partial charge < -0.3 is 18.8 Å². The number of carbonyl (C=O) groups is 2. The van der Waals surface area contributed by atoms with Crippen LogP contribution in [0.15, 0.2) is 59.5 Å². The Morgan fingerprint density at radius 3 is 2.63 bits per heavy atom. The van der Waals surface area contributed by atoms with E-state index in [0.717, 1.165) is 23.3 Å². The van der Waals surface area contributed by atoms with E-state index in [0.29, 0.717) is 41.3 Å². The lowest BCUT2D eigenvalue weighted by molar-refractivity contribution is -0.143. The Bertz CT molecular complexity index is 1520. The highest BCUT2D eigenvalue weighted by molar-refractivity contribution is 5.99. The summed E-state index contributed by atoms with van der Waals surface area (Å²) in [7, 11) is 0. The van der Waals surface area contributed by atoms with Gasteiger partial charge in [0.25, 0.3) is 5.56 Å². The monoisotopic (exact) mass is 473 g/mol. The number of carbonyl (C=O) groups excluding carboxylic acids is 2. The highest BCUT2D eigenvalue weighted by Crippen LogP contribution is 2.33. The molecular weight excluding hydrogens is 450 g/mol. The second-order valence-corrected chi connectivity index (χ2v) is 8.20. The Kier molecular flexibility index (Phi) is 5.82. The number of hydrogen-bond donors (Lipinski definition) is 0. The number of ether oxygens (including phenoxy) is 3. The Morgan fingerprint density at radius 2 is 1.80 bits per heavy atom. The lowest BCUT2D eigenvalue weighted by atomic mass is 10.1. The molecule has 0 saturated carbocycles. The molecule has 0 radical (unpaired) electrons. The van der Waals surface area contributed by atoms with Crippen molar-refractivity contribution in [1.29, 1.82) is 0 Å². The van der Waals surface area contributed by atoms with Crippen LogP contribution in [0.3, 0.4) is 0 Å². The van der Waals surface area contributed by atoms with Gasteiger partial charge in [0.2, 0.25) is 5.78 Å². The van der Waals surface area contributed by atoms with Gasteiger partial charge >= 0.3 is 5.97 Å². The number of hydrogen-bond acceptors (Lipinski definition) is 7. The third-order valence-corrected chi connectivity index (χ3v) is 5.92. The average molecular weight is 473 g/mol. The van der Waals surface area contributed by atoms with Crippen LogP contribution in [0, 0.1) is 13.8 Å². The van der Waals surface area contributed by atoms with Crippen molar-refractivity contribution in [2.75, 3.05) is 19.8 Å². The maximum Gasteiger partial charge on any atom is 0.326 e. The molecular formula is C26H23N3O6. The molecule has 0 amide bonds. The van der Waals surface area contributed by atoms with Gasteiger partial charge in [-0.1, -0.05) is 12.1 Å². The molecule has 0 atom stereocenters. The van der Waals surface area contributed by atoms with Crippen molar-refractivity contribution in [3.8, 4) is 17.2 Å². The van der Waals surface area contributed by atoms with E-state index in [-0.39, 0.29) is 12.3 Å². The topological polar surface area (TPSA) is 102 Å². The van der Waals surface area contributed by atoms with E-state index in [1.54, 1.807) is 30.3 Å². The second-order valence-electron chi connectivity index (χ2n) is 8.20. The zero-order chi connectivity index (χ0) is 24.5. The minimum Gasteiger partial charge on any atom is -0.486 e. The molecule has 0 aliphatic carbocycles. The van der Waals surface area contributed by atoms with Crippen LogP contribution < -0.4 is 15.0 Å². The molecule has 0 saturated heterocycles. The predicted octanol–water partition coefficient (Wildman–Crippen LogP) is 3.00. The Hall–Kier alpha value is -4.40.